The molecule has 0 aromatic heterocycles. The highest BCUT2D eigenvalue weighted by Gasteiger charge is 2.12. The Morgan fingerprint density at radius 1 is 1.04 bits per heavy atom. The summed E-state index contributed by atoms with van der Waals surface area (Å²) in [6.45, 7) is 3.00. The summed E-state index contributed by atoms with van der Waals surface area (Å²) in [6, 6.07) is 11.3. The van der Waals surface area contributed by atoms with Crippen molar-refractivity contribution in [1.82, 2.24) is 0 Å². The molecule has 0 atom stereocenters. The summed E-state index contributed by atoms with van der Waals surface area (Å²) in [5.41, 5.74) is 2.26. The number of rotatable bonds is 7. The fourth-order valence-electron chi connectivity index (χ4n) is 2.21. The number of hydrogen-bond acceptors (Lipinski definition) is 6. The molecular formula is C19H21NO6S. The summed E-state index contributed by atoms with van der Waals surface area (Å²) in [4.78, 5) is 23.7. The molecular weight excluding hydrogens is 370 g/mol. The average molecular weight is 391 g/mol. The van der Waals surface area contributed by atoms with E-state index in [1.165, 1.54) is 24.3 Å². The minimum absolute atomic E-state index is 0.0826. The van der Waals surface area contributed by atoms with E-state index in [2.05, 4.69) is 5.32 Å². The zero-order chi connectivity index (χ0) is 20.0. The van der Waals surface area contributed by atoms with Gasteiger partial charge in [0.05, 0.1) is 4.90 Å². The van der Waals surface area contributed by atoms with Crippen LogP contribution in [0.3, 0.4) is 0 Å². The van der Waals surface area contributed by atoms with Gasteiger partial charge < -0.3 is 14.8 Å². The van der Waals surface area contributed by atoms with Crippen molar-refractivity contribution in [3.8, 4) is 5.75 Å². The lowest BCUT2D eigenvalue weighted by molar-refractivity contribution is -0.149. The fraction of sp³-hybridized carbons (Fsp3) is 0.263. The molecule has 27 heavy (non-hydrogen) atoms. The topological polar surface area (TPSA) is 98.8 Å². The third kappa shape index (κ3) is 6.10. The molecule has 2 aromatic carbocycles. The van der Waals surface area contributed by atoms with Gasteiger partial charge in [0.2, 0.25) is 0 Å². The average Bonchev–Trinajstić information content (AvgIpc) is 2.61. The van der Waals surface area contributed by atoms with Gasteiger partial charge in [-0.1, -0.05) is 18.2 Å². The Balaban J connectivity index is 1.83. The zero-order valence-electron chi connectivity index (χ0n) is 15.3. The van der Waals surface area contributed by atoms with Crippen molar-refractivity contribution >= 4 is 27.4 Å². The number of benzene rings is 2. The van der Waals surface area contributed by atoms with Crippen LogP contribution < -0.4 is 10.1 Å². The van der Waals surface area contributed by atoms with Gasteiger partial charge in [-0.3, -0.25) is 4.79 Å². The lowest BCUT2D eigenvalue weighted by Gasteiger charge is -2.11. The molecule has 0 radical (unpaired) electrons. The van der Waals surface area contributed by atoms with E-state index < -0.39 is 28.3 Å². The maximum atomic E-state index is 11.9. The second kappa shape index (κ2) is 8.68. The first-order valence-corrected chi connectivity index (χ1v) is 10.0. The number of carbonyl (C=O) groups excluding carboxylic acids is 2. The van der Waals surface area contributed by atoms with Crippen LogP contribution in [0.2, 0.25) is 0 Å². The molecule has 1 amide bonds. The highest BCUT2D eigenvalue weighted by molar-refractivity contribution is 7.90. The van der Waals surface area contributed by atoms with Crippen molar-refractivity contribution in [2.24, 2.45) is 0 Å². The Kier molecular flexibility index (Phi) is 6.57. The number of hydrogen-bond donors (Lipinski definition) is 1. The Morgan fingerprint density at radius 2 is 1.74 bits per heavy atom. The number of anilines is 1. The van der Waals surface area contributed by atoms with Crippen molar-refractivity contribution in [2.45, 2.75) is 18.7 Å². The Hall–Kier alpha value is -2.87. The van der Waals surface area contributed by atoms with E-state index in [9.17, 15) is 18.0 Å². The molecule has 0 aliphatic heterocycles. The largest absolute Gasteiger partial charge is 0.482 e. The van der Waals surface area contributed by atoms with Crippen LogP contribution in [0.25, 0.3) is 0 Å². The third-order valence-electron chi connectivity index (χ3n) is 3.81. The molecule has 0 saturated carbocycles. The number of sulfone groups is 1. The number of aryl methyl sites for hydroxylation is 1. The van der Waals surface area contributed by atoms with E-state index in [1.807, 2.05) is 26.0 Å². The van der Waals surface area contributed by atoms with E-state index in [0.29, 0.717) is 11.4 Å². The van der Waals surface area contributed by atoms with Crippen LogP contribution >= 0.6 is 0 Å². The van der Waals surface area contributed by atoms with Crippen LogP contribution in [0.15, 0.2) is 47.4 Å². The predicted octanol–water partition coefficient (Wildman–Crippen LogP) is 2.27. The van der Waals surface area contributed by atoms with E-state index in [0.717, 1.165) is 17.4 Å². The van der Waals surface area contributed by atoms with Crippen LogP contribution in [0.4, 0.5) is 5.69 Å². The molecule has 0 aliphatic carbocycles. The lowest BCUT2D eigenvalue weighted by Crippen LogP contribution is -2.23. The highest BCUT2D eigenvalue weighted by atomic mass is 32.2. The van der Waals surface area contributed by atoms with Gasteiger partial charge in [0.1, 0.15) is 5.75 Å². The third-order valence-corrected chi connectivity index (χ3v) is 4.92. The standard InChI is InChI=1S/C19H21NO6S/c1-13-6-4-9-17(14(13)2)25-12-19(22)26-11-18(21)20-15-7-5-8-16(10-15)27(3,23)24/h4-10H,11-12H2,1-3H3,(H,20,21). The molecule has 144 valence electrons. The van der Waals surface area contributed by atoms with Crippen LogP contribution in [-0.4, -0.2) is 39.8 Å². The Labute approximate surface area is 158 Å². The molecule has 0 fully saturated rings. The predicted molar refractivity (Wildman–Crippen MR) is 101 cm³/mol. The summed E-state index contributed by atoms with van der Waals surface area (Å²) in [7, 11) is -3.38. The molecule has 0 bridgehead atoms. The van der Waals surface area contributed by atoms with Gasteiger partial charge in [0.15, 0.2) is 23.1 Å². The van der Waals surface area contributed by atoms with Gasteiger partial charge in [-0.15, -0.1) is 0 Å². The number of ether oxygens (including phenoxy) is 2. The number of amides is 1. The summed E-state index contributed by atoms with van der Waals surface area (Å²) < 4.78 is 33.3. The highest BCUT2D eigenvalue weighted by Crippen LogP contribution is 2.20. The molecule has 8 heteroatoms. The first-order valence-electron chi connectivity index (χ1n) is 8.11. The van der Waals surface area contributed by atoms with Crippen molar-refractivity contribution < 1.29 is 27.5 Å². The normalized spacial score (nSPS) is 10.9. The van der Waals surface area contributed by atoms with Crippen LogP contribution in [0.5, 0.6) is 5.75 Å². The molecule has 0 aliphatic rings. The number of nitrogens with one attached hydrogen (secondary N) is 1. The molecule has 1 N–H and O–H groups in total. The van der Waals surface area contributed by atoms with Gasteiger partial charge in [-0.05, 0) is 49.2 Å². The van der Waals surface area contributed by atoms with Crippen molar-refractivity contribution in [3.05, 3.63) is 53.6 Å². The molecule has 2 rings (SSSR count). The van der Waals surface area contributed by atoms with Crippen molar-refractivity contribution in [1.29, 1.82) is 0 Å². The van der Waals surface area contributed by atoms with Crippen LogP contribution in [-0.2, 0) is 24.2 Å². The monoisotopic (exact) mass is 391 g/mol. The van der Waals surface area contributed by atoms with E-state index in [4.69, 9.17) is 9.47 Å². The maximum absolute atomic E-state index is 11.9. The molecule has 0 spiro atoms. The van der Waals surface area contributed by atoms with E-state index in [-0.39, 0.29) is 11.5 Å². The molecule has 7 nitrogen and oxygen atoms in total. The van der Waals surface area contributed by atoms with Crippen LogP contribution in [0.1, 0.15) is 11.1 Å². The summed E-state index contributed by atoms with van der Waals surface area (Å²) in [5, 5.41) is 2.48. The Bertz CT molecular complexity index is 952. The zero-order valence-corrected chi connectivity index (χ0v) is 16.1. The minimum atomic E-state index is -3.38. The molecule has 0 unspecified atom stereocenters. The first-order chi connectivity index (χ1) is 12.7. The minimum Gasteiger partial charge on any atom is -0.482 e. The first kappa shape index (κ1) is 20.4. The van der Waals surface area contributed by atoms with Crippen molar-refractivity contribution in [2.75, 3.05) is 24.8 Å². The summed E-state index contributed by atoms with van der Waals surface area (Å²) >= 11 is 0. The second-order valence-corrected chi connectivity index (χ2v) is 8.01. The molecule has 0 heterocycles. The SMILES string of the molecule is Cc1cccc(OCC(=O)OCC(=O)Nc2cccc(S(C)(=O)=O)c2)c1C. The van der Waals surface area contributed by atoms with Gasteiger partial charge >= 0.3 is 5.97 Å². The second-order valence-electron chi connectivity index (χ2n) is 6.00. The van der Waals surface area contributed by atoms with Gasteiger partial charge in [0.25, 0.3) is 5.91 Å². The quantitative estimate of drug-likeness (QED) is 0.727. The van der Waals surface area contributed by atoms with Gasteiger partial charge in [-0.25, -0.2) is 13.2 Å². The van der Waals surface area contributed by atoms with Gasteiger partial charge in [-0.2, -0.15) is 0 Å². The van der Waals surface area contributed by atoms with Crippen molar-refractivity contribution in [3.63, 3.8) is 0 Å². The lowest BCUT2D eigenvalue weighted by atomic mass is 10.1. The molecule has 2 aromatic rings. The fourth-order valence-corrected chi connectivity index (χ4v) is 2.87. The number of esters is 1. The van der Waals surface area contributed by atoms with E-state index in [1.54, 1.807) is 6.07 Å². The maximum Gasteiger partial charge on any atom is 0.344 e. The smallest absolute Gasteiger partial charge is 0.344 e. The number of carbonyl (C=O) groups is 2. The summed E-state index contributed by atoms with van der Waals surface area (Å²) in [6.07, 6.45) is 1.08. The Morgan fingerprint density at radius 3 is 2.44 bits per heavy atom. The van der Waals surface area contributed by atoms with Gasteiger partial charge in [0, 0.05) is 11.9 Å². The van der Waals surface area contributed by atoms with E-state index >= 15 is 0 Å². The summed E-state index contributed by atoms with van der Waals surface area (Å²) in [5.74, 6) is -0.689. The van der Waals surface area contributed by atoms with Crippen LogP contribution in [0, 0.1) is 13.8 Å². The molecule has 0 saturated heterocycles.